The standard InChI is InChI=1S/C12H15N3O3/c16-6-12(7-17,8-18)15-11-13-5-9-3-1-2-4-10(9)14-11/h1-5,16-18H,6-8H2,(H,13,14,15). The minimum Gasteiger partial charge on any atom is -0.394 e. The lowest BCUT2D eigenvalue weighted by atomic mass is 10.0. The van der Waals surface area contributed by atoms with E-state index in [1.165, 1.54) is 0 Å². The van der Waals surface area contributed by atoms with Crippen LogP contribution >= 0.6 is 0 Å². The highest BCUT2D eigenvalue weighted by Crippen LogP contribution is 2.15. The highest BCUT2D eigenvalue weighted by molar-refractivity contribution is 5.78. The summed E-state index contributed by atoms with van der Waals surface area (Å²) >= 11 is 0. The van der Waals surface area contributed by atoms with Gasteiger partial charge in [-0.15, -0.1) is 0 Å². The minimum absolute atomic E-state index is 0.255. The van der Waals surface area contributed by atoms with Crippen LogP contribution in [0.5, 0.6) is 0 Å². The first-order valence-electron chi connectivity index (χ1n) is 5.55. The second-order valence-corrected chi connectivity index (χ2v) is 4.13. The Morgan fingerprint density at radius 1 is 1.06 bits per heavy atom. The maximum absolute atomic E-state index is 9.21. The molecule has 18 heavy (non-hydrogen) atoms. The Balaban J connectivity index is 2.31. The monoisotopic (exact) mass is 249 g/mol. The lowest BCUT2D eigenvalue weighted by molar-refractivity contribution is 0.0828. The summed E-state index contributed by atoms with van der Waals surface area (Å²) < 4.78 is 0. The zero-order chi connectivity index (χ0) is 13.0. The molecule has 1 aromatic carbocycles. The second-order valence-electron chi connectivity index (χ2n) is 4.13. The smallest absolute Gasteiger partial charge is 0.223 e. The summed E-state index contributed by atoms with van der Waals surface area (Å²) in [6, 6.07) is 7.46. The predicted octanol–water partition coefficient (Wildman–Crippen LogP) is -0.243. The maximum Gasteiger partial charge on any atom is 0.223 e. The summed E-state index contributed by atoms with van der Waals surface area (Å²) in [5, 5.41) is 31.3. The van der Waals surface area contributed by atoms with E-state index in [-0.39, 0.29) is 5.95 Å². The molecule has 0 aliphatic carbocycles. The molecule has 0 fully saturated rings. The molecule has 96 valence electrons. The van der Waals surface area contributed by atoms with Crippen molar-refractivity contribution in [1.82, 2.24) is 9.97 Å². The number of benzene rings is 1. The van der Waals surface area contributed by atoms with E-state index in [2.05, 4.69) is 15.3 Å². The van der Waals surface area contributed by atoms with Gasteiger partial charge >= 0.3 is 0 Å². The zero-order valence-electron chi connectivity index (χ0n) is 9.74. The highest BCUT2D eigenvalue weighted by Gasteiger charge is 2.28. The van der Waals surface area contributed by atoms with Gasteiger partial charge in [-0.05, 0) is 6.07 Å². The first-order chi connectivity index (χ1) is 8.73. The van der Waals surface area contributed by atoms with Crippen LogP contribution in [-0.4, -0.2) is 50.6 Å². The highest BCUT2D eigenvalue weighted by atomic mass is 16.3. The van der Waals surface area contributed by atoms with E-state index in [0.717, 1.165) is 10.9 Å². The molecule has 0 unspecified atom stereocenters. The number of aliphatic hydroxyl groups is 3. The molecule has 0 bridgehead atoms. The van der Waals surface area contributed by atoms with Gasteiger partial charge in [-0.1, -0.05) is 18.2 Å². The molecule has 0 saturated heterocycles. The second kappa shape index (κ2) is 5.26. The van der Waals surface area contributed by atoms with Gasteiger partial charge in [0.25, 0.3) is 0 Å². The summed E-state index contributed by atoms with van der Waals surface area (Å²) in [5.41, 5.74) is -0.472. The maximum atomic E-state index is 9.21. The number of hydrogen-bond acceptors (Lipinski definition) is 6. The number of rotatable bonds is 5. The Labute approximate surface area is 104 Å². The van der Waals surface area contributed by atoms with Crippen molar-refractivity contribution in [3.05, 3.63) is 30.5 Å². The van der Waals surface area contributed by atoms with Crippen LogP contribution in [0.1, 0.15) is 0 Å². The fraction of sp³-hybridized carbons (Fsp3) is 0.333. The van der Waals surface area contributed by atoms with Gasteiger partial charge in [0, 0.05) is 11.6 Å². The van der Waals surface area contributed by atoms with E-state index >= 15 is 0 Å². The molecule has 0 saturated carbocycles. The Bertz CT molecular complexity index is 520. The minimum atomic E-state index is -1.22. The van der Waals surface area contributed by atoms with E-state index in [4.69, 9.17) is 0 Å². The molecule has 1 heterocycles. The number of aromatic nitrogens is 2. The molecule has 0 aliphatic heterocycles. The molecule has 2 aromatic rings. The summed E-state index contributed by atoms with van der Waals surface area (Å²) in [6.45, 7) is -1.26. The third-order valence-corrected chi connectivity index (χ3v) is 2.77. The molecule has 6 nitrogen and oxygen atoms in total. The fourth-order valence-electron chi connectivity index (χ4n) is 1.54. The number of hydrogen-bond donors (Lipinski definition) is 4. The van der Waals surface area contributed by atoms with Gasteiger partial charge in [0.2, 0.25) is 5.95 Å². The van der Waals surface area contributed by atoms with E-state index in [0.29, 0.717) is 0 Å². The molecule has 0 spiro atoms. The van der Waals surface area contributed by atoms with Gasteiger partial charge in [0.15, 0.2) is 0 Å². The molecule has 0 radical (unpaired) electrons. The van der Waals surface area contributed by atoms with Gasteiger partial charge in [0.05, 0.1) is 25.3 Å². The van der Waals surface area contributed by atoms with Gasteiger partial charge in [-0.3, -0.25) is 0 Å². The zero-order valence-corrected chi connectivity index (χ0v) is 9.74. The van der Waals surface area contributed by atoms with Crippen LogP contribution < -0.4 is 5.32 Å². The van der Waals surface area contributed by atoms with Gasteiger partial charge in [-0.2, -0.15) is 0 Å². The van der Waals surface area contributed by atoms with Crippen molar-refractivity contribution in [1.29, 1.82) is 0 Å². The van der Waals surface area contributed by atoms with Gasteiger partial charge < -0.3 is 20.6 Å². The SMILES string of the molecule is OCC(CO)(CO)Nc1ncc2ccccc2n1. The Kier molecular flexibility index (Phi) is 3.71. The molecular weight excluding hydrogens is 234 g/mol. The van der Waals surface area contributed by atoms with Crippen LogP contribution in [0, 0.1) is 0 Å². The van der Waals surface area contributed by atoms with Crippen molar-refractivity contribution >= 4 is 16.9 Å². The van der Waals surface area contributed by atoms with Crippen molar-refractivity contribution < 1.29 is 15.3 Å². The molecule has 0 amide bonds. The number of aliphatic hydroxyl groups excluding tert-OH is 3. The van der Waals surface area contributed by atoms with Gasteiger partial charge in [-0.25, -0.2) is 9.97 Å². The van der Waals surface area contributed by atoms with Crippen molar-refractivity contribution in [2.75, 3.05) is 25.1 Å². The number of nitrogens with one attached hydrogen (secondary N) is 1. The first kappa shape index (κ1) is 12.7. The van der Waals surface area contributed by atoms with Crippen LogP contribution in [-0.2, 0) is 0 Å². The summed E-state index contributed by atoms with van der Waals surface area (Å²) in [4.78, 5) is 8.33. The number of nitrogens with zero attached hydrogens (tertiary/aromatic N) is 2. The summed E-state index contributed by atoms with van der Waals surface area (Å²) in [5.74, 6) is 0.255. The average molecular weight is 249 g/mol. The van der Waals surface area contributed by atoms with Crippen LogP contribution in [0.15, 0.2) is 30.5 Å². The predicted molar refractivity (Wildman–Crippen MR) is 67.1 cm³/mol. The lowest BCUT2D eigenvalue weighted by Crippen LogP contribution is -2.49. The lowest BCUT2D eigenvalue weighted by Gasteiger charge is -2.28. The van der Waals surface area contributed by atoms with Crippen LogP contribution in [0.25, 0.3) is 10.9 Å². The largest absolute Gasteiger partial charge is 0.394 e. The molecule has 0 aliphatic rings. The van der Waals surface area contributed by atoms with Crippen LogP contribution in [0.3, 0.4) is 0 Å². The van der Waals surface area contributed by atoms with Gasteiger partial charge in [0.1, 0.15) is 5.54 Å². The molecular formula is C12H15N3O3. The third kappa shape index (κ3) is 2.40. The Morgan fingerprint density at radius 3 is 2.39 bits per heavy atom. The van der Waals surface area contributed by atoms with E-state index in [9.17, 15) is 15.3 Å². The molecule has 0 atom stereocenters. The summed E-state index contributed by atoms with van der Waals surface area (Å²) in [6.07, 6.45) is 1.64. The fourth-order valence-corrected chi connectivity index (χ4v) is 1.54. The Morgan fingerprint density at radius 2 is 1.72 bits per heavy atom. The van der Waals surface area contributed by atoms with Crippen LogP contribution in [0.4, 0.5) is 5.95 Å². The quantitative estimate of drug-likeness (QED) is 0.583. The Hall–Kier alpha value is -1.76. The van der Waals surface area contributed by atoms with E-state index < -0.39 is 25.4 Å². The van der Waals surface area contributed by atoms with Crippen molar-refractivity contribution in [2.24, 2.45) is 0 Å². The number of fused-ring (bicyclic) bond motifs is 1. The molecule has 4 N–H and O–H groups in total. The third-order valence-electron chi connectivity index (χ3n) is 2.77. The number of para-hydroxylation sites is 1. The summed E-state index contributed by atoms with van der Waals surface area (Å²) in [7, 11) is 0. The van der Waals surface area contributed by atoms with Crippen LogP contribution in [0.2, 0.25) is 0 Å². The molecule has 1 aromatic heterocycles. The van der Waals surface area contributed by atoms with Crippen molar-refractivity contribution in [3.63, 3.8) is 0 Å². The van der Waals surface area contributed by atoms with Crippen molar-refractivity contribution in [2.45, 2.75) is 5.54 Å². The number of anilines is 1. The first-order valence-corrected chi connectivity index (χ1v) is 5.55. The molecule has 6 heteroatoms. The van der Waals surface area contributed by atoms with Crippen molar-refractivity contribution in [3.8, 4) is 0 Å². The van der Waals surface area contributed by atoms with E-state index in [1.54, 1.807) is 6.20 Å². The normalized spacial score (nSPS) is 11.7. The molecule has 2 rings (SSSR count). The van der Waals surface area contributed by atoms with E-state index in [1.807, 2.05) is 24.3 Å². The average Bonchev–Trinajstić information content (AvgIpc) is 2.45. The topological polar surface area (TPSA) is 98.5 Å².